The number of amides is 1. The van der Waals surface area contributed by atoms with Gasteiger partial charge in [-0.3, -0.25) is 9.69 Å². The molecular weight excluding hydrogens is 346 g/mol. The van der Waals surface area contributed by atoms with Crippen LogP contribution in [0.3, 0.4) is 0 Å². The summed E-state index contributed by atoms with van der Waals surface area (Å²) >= 11 is 0. The molecule has 4 rings (SSSR count). The molecule has 2 saturated heterocycles. The van der Waals surface area contributed by atoms with Gasteiger partial charge >= 0.3 is 0 Å². The largest absolute Gasteiger partial charge is 0.353 e. The maximum absolute atomic E-state index is 12.3. The molecule has 1 unspecified atom stereocenters. The van der Waals surface area contributed by atoms with Gasteiger partial charge in [0, 0.05) is 44.7 Å². The predicted molar refractivity (Wildman–Crippen MR) is 114 cm³/mol. The molecule has 154 valence electrons. The first-order chi connectivity index (χ1) is 13.7. The highest BCUT2D eigenvalue weighted by molar-refractivity contribution is 5.81. The van der Waals surface area contributed by atoms with E-state index < -0.39 is 0 Å². The molecular formula is C24H37N3O. The van der Waals surface area contributed by atoms with Crippen LogP contribution in [0.4, 0.5) is 0 Å². The first-order valence-electron chi connectivity index (χ1n) is 11.6. The predicted octanol–water partition coefficient (Wildman–Crippen LogP) is 3.45. The van der Waals surface area contributed by atoms with Crippen molar-refractivity contribution < 1.29 is 4.79 Å². The van der Waals surface area contributed by atoms with Crippen molar-refractivity contribution in [1.29, 1.82) is 0 Å². The zero-order valence-corrected chi connectivity index (χ0v) is 17.5. The summed E-state index contributed by atoms with van der Waals surface area (Å²) in [6.07, 6.45) is 8.43. The molecule has 3 fully saturated rings. The van der Waals surface area contributed by atoms with Gasteiger partial charge in [-0.25, -0.2) is 0 Å². The standard InChI is InChI=1S/C24H37N3O/c1-2-19-9-11-20(12-10-19)18-27-16-14-26(15-17-27)13-5-7-22-21-6-3-4-8-23(21)25-24(22)28/h9-12,21-23H,2-8,13-18H2,1H3,(H,25,28)/t21-,22?,23+/m0/s1. The highest BCUT2D eigenvalue weighted by Crippen LogP contribution is 2.37. The topological polar surface area (TPSA) is 35.6 Å². The highest BCUT2D eigenvalue weighted by atomic mass is 16.2. The quantitative estimate of drug-likeness (QED) is 0.783. The number of aryl methyl sites for hydroxylation is 1. The molecule has 1 saturated carbocycles. The van der Waals surface area contributed by atoms with Crippen LogP contribution in [-0.4, -0.2) is 54.5 Å². The van der Waals surface area contributed by atoms with E-state index in [0.717, 1.165) is 52.1 Å². The van der Waals surface area contributed by atoms with E-state index in [1.807, 2.05) is 0 Å². The van der Waals surface area contributed by atoms with E-state index in [1.165, 1.54) is 43.2 Å². The van der Waals surface area contributed by atoms with Crippen molar-refractivity contribution in [2.45, 2.75) is 64.5 Å². The first-order valence-corrected chi connectivity index (χ1v) is 11.6. The molecule has 3 aliphatic rings. The molecule has 1 aromatic carbocycles. The molecule has 0 bridgehead atoms. The highest BCUT2D eigenvalue weighted by Gasteiger charge is 2.42. The molecule has 4 nitrogen and oxygen atoms in total. The minimum Gasteiger partial charge on any atom is -0.353 e. The Balaban J connectivity index is 1.16. The molecule has 2 aliphatic heterocycles. The number of hydrogen-bond acceptors (Lipinski definition) is 3. The van der Waals surface area contributed by atoms with Gasteiger partial charge in [-0.05, 0) is 55.7 Å². The molecule has 1 aromatic rings. The number of piperazine rings is 1. The smallest absolute Gasteiger partial charge is 0.223 e. The normalized spacial score (nSPS) is 28.9. The fourth-order valence-corrected chi connectivity index (χ4v) is 5.49. The third kappa shape index (κ3) is 4.77. The summed E-state index contributed by atoms with van der Waals surface area (Å²) in [5.41, 5.74) is 2.85. The number of hydrogen-bond donors (Lipinski definition) is 1. The number of rotatable bonds is 7. The lowest BCUT2D eigenvalue weighted by Gasteiger charge is -2.35. The van der Waals surface area contributed by atoms with Gasteiger partial charge in [0.05, 0.1) is 0 Å². The van der Waals surface area contributed by atoms with Gasteiger partial charge in [-0.1, -0.05) is 44.0 Å². The molecule has 4 heteroatoms. The first kappa shape index (κ1) is 19.9. The van der Waals surface area contributed by atoms with Crippen molar-refractivity contribution >= 4 is 5.91 Å². The Morgan fingerprint density at radius 2 is 1.64 bits per heavy atom. The maximum atomic E-state index is 12.3. The summed E-state index contributed by atoms with van der Waals surface area (Å²) < 4.78 is 0. The van der Waals surface area contributed by atoms with Crippen molar-refractivity contribution in [3.05, 3.63) is 35.4 Å². The van der Waals surface area contributed by atoms with Crippen LogP contribution in [0.5, 0.6) is 0 Å². The van der Waals surface area contributed by atoms with Crippen LogP contribution in [0.15, 0.2) is 24.3 Å². The SMILES string of the molecule is CCc1ccc(CN2CCN(CCCC3C(=O)N[C@@H]4CCCC[C@@H]34)CC2)cc1. The van der Waals surface area contributed by atoms with Crippen LogP contribution in [0.2, 0.25) is 0 Å². The second-order valence-corrected chi connectivity index (χ2v) is 9.10. The summed E-state index contributed by atoms with van der Waals surface area (Å²) in [4.78, 5) is 17.5. The number of fused-ring (bicyclic) bond motifs is 1. The van der Waals surface area contributed by atoms with Gasteiger partial charge in [0.1, 0.15) is 0 Å². The van der Waals surface area contributed by atoms with Gasteiger partial charge < -0.3 is 10.2 Å². The Kier molecular flexibility index (Phi) is 6.69. The zero-order chi connectivity index (χ0) is 19.3. The van der Waals surface area contributed by atoms with E-state index in [4.69, 9.17) is 0 Å². The summed E-state index contributed by atoms with van der Waals surface area (Å²) in [6, 6.07) is 9.59. The lowest BCUT2D eigenvalue weighted by molar-refractivity contribution is -0.123. The van der Waals surface area contributed by atoms with E-state index in [1.54, 1.807) is 0 Å². The molecule has 0 aromatic heterocycles. The summed E-state index contributed by atoms with van der Waals surface area (Å²) in [5.74, 6) is 1.26. The number of carbonyl (C=O) groups is 1. The monoisotopic (exact) mass is 383 g/mol. The van der Waals surface area contributed by atoms with Gasteiger partial charge in [0.2, 0.25) is 5.91 Å². The van der Waals surface area contributed by atoms with E-state index in [0.29, 0.717) is 17.9 Å². The third-order valence-corrected chi connectivity index (χ3v) is 7.29. The van der Waals surface area contributed by atoms with Gasteiger partial charge in [-0.15, -0.1) is 0 Å². The van der Waals surface area contributed by atoms with Crippen molar-refractivity contribution in [3.8, 4) is 0 Å². The average molecular weight is 384 g/mol. The van der Waals surface area contributed by atoms with Crippen LogP contribution in [-0.2, 0) is 17.8 Å². The number of carbonyl (C=O) groups excluding carboxylic acids is 1. The minimum atomic E-state index is 0.290. The third-order valence-electron chi connectivity index (χ3n) is 7.29. The molecule has 0 radical (unpaired) electrons. The van der Waals surface area contributed by atoms with Gasteiger partial charge in [0.25, 0.3) is 0 Å². The molecule has 1 amide bonds. The fourth-order valence-electron chi connectivity index (χ4n) is 5.49. The van der Waals surface area contributed by atoms with Crippen molar-refractivity contribution in [2.75, 3.05) is 32.7 Å². The molecule has 0 spiro atoms. The van der Waals surface area contributed by atoms with E-state index in [-0.39, 0.29) is 5.92 Å². The lowest BCUT2D eigenvalue weighted by atomic mass is 9.78. The molecule has 3 atom stereocenters. The summed E-state index contributed by atoms with van der Waals surface area (Å²) in [5, 5.41) is 3.27. The summed E-state index contributed by atoms with van der Waals surface area (Å²) in [7, 11) is 0. The molecule has 28 heavy (non-hydrogen) atoms. The molecule has 1 aliphatic carbocycles. The Bertz CT molecular complexity index is 636. The van der Waals surface area contributed by atoms with Crippen LogP contribution in [0.1, 0.15) is 56.6 Å². The van der Waals surface area contributed by atoms with Gasteiger partial charge in [-0.2, -0.15) is 0 Å². The second kappa shape index (κ2) is 9.41. The average Bonchev–Trinajstić information content (AvgIpc) is 3.05. The second-order valence-electron chi connectivity index (χ2n) is 9.10. The van der Waals surface area contributed by atoms with Crippen molar-refractivity contribution in [1.82, 2.24) is 15.1 Å². The van der Waals surface area contributed by atoms with Crippen LogP contribution >= 0.6 is 0 Å². The fraction of sp³-hybridized carbons (Fsp3) is 0.708. The Labute approximate surface area is 170 Å². The zero-order valence-electron chi connectivity index (χ0n) is 17.5. The maximum Gasteiger partial charge on any atom is 0.223 e. The number of benzene rings is 1. The van der Waals surface area contributed by atoms with Crippen molar-refractivity contribution in [2.24, 2.45) is 11.8 Å². The minimum absolute atomic E-state index is 0.290. The van der Waals surface area contributed by atoms with E-state index in [9.17, 15) is 4.79 Å². The van der Waals surface area contributed by atoms with E-state index >= 15 is 0 Å². The van der Waals surface area contributed by atoms with Crippen molar-refractivity contribution in [3.63, 3.8) is 0 Å². The Morgan fingerprint density at radius 3 is 2.39 bits per heavy atom. The number of nitrogens with one attached hydrogen (secondary N) is 1. The Hall–Kier alpha value is -1.39. The van der Waals surface area contributed by atoms with Crippen LogP contribution in [0.25, 0.3) is 0 Å². The summed E-state index contributed by atoms with van der Waals surface area (Å²) in [6.45, 7) is 9.07. The molecule has 2 heterocycles. The van der Waals surface area contributed by atoms with E-state index in [2.05, 4.69) is 46.3 Å². The van der Waals surface area contributed by atoms with Crippen LogP contribution < -0.4 is 5.32 Å². The molecule has 1 N–H and O–H groups in total. The Morgan fingerprint density at radius 1 is 0.964 bits per heavy atom. The number of nitrogens with zero attached hydrogens (tertiary/aromatic N) is 2. The van der Waals surface area contributed by atoms with Gasteiger partial charge in [0.15, 0.2) is 0 Å². The lowest BCUT2D eigenvalue weighted by Crippen LogP contribution is -2.46. The van der Waals surface area contributed by atoms with Crippen LogP contribution in [0, 0.1) is 11.8 Å².